The summed E-state index contributed by atoms with van der Waals surface area (Å²) < 4.78 is 2.41. The Labute approximate surface area is 387 Å². The third-order valence-corrected chi connectivity index (χ3v) is 14.8. The summed E-state index contributed by atoms with van der Waals surface area (Å²) in [4.78, 5) is 2.42. The molecule has 1 aliphatic heterocycles. The standard InChI is InChI=1S/C63H47BN2/c1-63(2)57-25-13-11-23-55(57)62-56(51-24-15-26-59-52(51)36-37-64(59)46-18-5-3-6-19-46)39-45(40-58(62)63)43-28-31-48(32-29-43)65(49-33-30-42-16-9-10-17-44(42)38-49)50-34-35-54-53-22-12-14-27-60(53)66(61(54)41-50)47-20-7-4-8-21-47/h3-35,38-41H,36-37H2,1-2H3. The molecule has 0 radical (unpaired) electrons. The van der Waals surface area contributed by atoms with Crippen molar-refractivity contribution in [2.24, 2.45) is 0 Å². The maximum absolute atomic E-state index is 2.49. The predicted molar refractivity (Wildman–Crippen MR) is 281 cm³/mol. The van der Waals surface area contributed by atoms with Crippen LogP contribution in [0.5, 0.6) is 0 Å². The first-order valence-electron chi connectivity index (χ1n) is 23.4. The van der Waals surface area contributed by atoms with E-state index in [1.807, 2.05) is 0 Å². The molecular weight excluding hydrogens is 796 g/mol. The van der Waals surface area contributed by atoms with Crippen molar-refractivity contribution in [2.75, 3.05) is 4.90 Å². The highest BCUT2D eigenvalue weighted by atomic mass is 15.1. The number of benzene rings is 10. The van der Waals surface area contributed by atoms with E-state index in [2.05, 4.69) is 248 Å². The van der Waals surface area contributed by atoms with Gasteiger partial charge in [-0.05, 0) is 134 Å². The Morgan fingerprint density at radius 3 is 1.97 bits per heavy atom. The van der Waals surface area contributed by atoms with E-state index in [1.165, 1.54) is 93.6 Å². The van der Waals surface area contributed by atoms with E-state index in [-0.39, 0.29) is 5.41 Å². The zero-order chi connectivity index (χ0) is 43.9. The quantitative estimate of drug-likeness (QED) is 0.145. The fourth-order valence-corrected chi connectivity index (χ4v) is 11.7. The van der Waals surface area contributed by atoms with E-state index < -0.39 is 0 Å². The first-order chi connectivity index (χ1) is 32.5. The van der Waals surface area contributed by atoms with E-state index in [9.17, 15) is 0 Å². The molecule has 0 bridgehead atoms. The number of fused-ring (bicyclic) bond motifs is 8. The van der Waals surface area contributed by atoms with Gasteiger partial charge in [-0.2, -0.15) is 0 Å². The van der Waals surface area contributed by atoms with Gasteiger partial charge in [0.2, 0.25) is 6.71 Å². The van der Waals surface area contributed by atoms with Crippen LogP contribution in [0.1, 0.15) is 30.5 Å². The predicted octanol–water partition coefficient (Wildman–Crippen LogP) is 15.2. The monoisotopic (exact) mass is 842 g/mol. The number of aromatic nitrogens is 1. The lowest BCUT2D eigenvalue weighted by Gasteiger charge is -2.27. The Hall–Kier alpha value is -7.88. The molecule has 66 heavy (non-hydrogen) atoms. The van der Waals surface area contributed by atoms with Crippen molar-refractivity contribution in [3.05, 3.63) is 241 Å². The van der Waals surface area contributed by atoms with Crippen LogP contribution in [0.2, 0.25) is 6.32 Å². The maximum Gasteiger partial charge on any atom is 0.210 e. The van der Waals surface area contributed by atoms with Crippen molar-refractivity contribution in [3.8, 4) is 39.1 Å². The number of nitrogens with zero attached hydrogens (tertiary/aromatic N) is 2. The molecule has 0 spiro atoms. The molecule has 10 aromatic carbocycles. The van der Waals surface area contributed by atoms with Crippen LogP contribution in [0, 0.1) is 0 Å². The van der Waals surface area contributed by atoms with Gasteiger partial charge in [0.1, 0.15) is 0 Å². The second kappa shape index (κ2) is 15.1. The first kappa shape index (κ1) is 38.6. The smallest absolute Gasteiger partial charge is 0.210 e. The van der Waals surface area contributed by atoms with Gasteiger partial charge < -0.3 is 9.47 Å². The van der Waals surface area contributed by atoms with Gasteiger partial charge in [0.05, 0.1) is 11.0 Å². The van der Waals surface area contributed by atoms with Crippen molar-refractivity contribution in [2.45, 2.75) is 32.0 Å². The lowest BCUT2D eigenvalue weighted by molar-refractivity contribution is 0.660. The zero-order valence-corrected chi connectivity index (χ0v) is 37.2. The molecule has 2 aliphatic rings. The highest BCUT2D eigenvalue weighted by Gasteiger charge is 2.38. The van der Waals surface area contributed by atoms with Gasteiger partial charge in [0.25, 0.3) is 0 Å². The third-order valence-electron chi connectivity index (χ3n) is 14.8. The average Bonchev–Trinajstić information content (AvgIpc) is 4.03. The van der Waals surface area contributed by atoms with Gasteiger partial charge in [-0.1, -0.05) is 189 Å². The molecule has 11 aromatic rings. The second-order valence-corrected chi connectivity index (χ2v) is 18.8. The topological polar surface area (TPSA) is 8.17 Å². The molecule has 0 saturated carbocycles. The molecule has 0 saturated heterocycles. The molecule has 3 heteroatoms. The Kier molecular flexibility index (Phi) is 8.83. The van der Waals surface area contributed by atoms with E-state index in [4.69, 9.17) is 0 Å². The molecule has 0 N–H and O–H groups in total. The minimum Gasteiger partial charge on any atom is -0.310 e. The molecule has 1 aromatic heterocycles. The minimum absolute atomic E-state index is 0.144. The first-order valence-corrected chi connectivity index (χ1v) is 23.4. The van der Waals surface area contributed by atoms with Crippen LogP contribution >= 0.6 is 0 Å². The molecule has 0 amide bonds. The van der Waals surface area contributed by atoms with Crippen molar-refractivity contribution in [1.82, 2.24) is 4.57 Å². The summed E-state index contributed by atoms with van der Waals surface area (Å²) in [6.45, 7) is 5.23. The van der Waals surface area contributed by atoms with E-state index >= 15 is 0 Å². The molecular formula is C63H47BN2. The van der Waals surface area contributed by atoms with E-state index in [0.717, 1.165) is 35.5 Å². The lowest BCUT2D eigenvalue weighted by atomic mass is 9.41. The van der Waals surface area contributed by atoms with Gasteiger partial charge in [0, 0.05) is 38.9 Å². The molecule has 0 unspecified atom stereocenters. The van der Waals surface area contributed by atoms with E-state index in [0.29, 0.717) is 6.71 Å². The summed E-state index contributed by atoms with van der Waals surface area (Å²) in [5, 5.41) is 4.94. The van der Waals surface area contributed by atoms with E-state index in [1.54, 1.807) is 0 Å². The number of hydrogen-bond acceptors (Lipinski definition) is 1. The third kappa shape index (κ3) is 6.03. The Morgan fingerprint density at radius 1 is 0.455 bits per heavy atom. The van der Waals surface area contributed by atoms with Crippen molar-refractivity contribution >= 4 is 67.3 Å². The fraction of sp³-hybridized carbons (Fsp3) is 0.0794. The van der Waals surface area contributed by atoms with Gasteiger partial charge in [0.15, 0.2) is 0 Å². The molecule has 2 heterocycles. The second-order valence-electron chi connectivity index (χ2n) is 18.8. The number of rotatable bonds is 7. The van der Waals surface area contributed by atoms with Crippen LogP contribution in [-0.2, 0) is 11.8 Å². The van der Waals surface area contributed by atoms with Crippen molar-refractivity contribution in [3.63, 3.8) is 0 Å². The van der Waals surface area contributed by atoms with Crippen LogP contribution in [0.4, 0.5) is 17.1 Å². The van der Waals surface area contributed by atoms with Crippen LogP contribution in [0.25, 0.3) is 71.6 Å². The van der Waals surface area contributed by atoms with Gasteiger partial charge >= 0.3 is 0 Å². The number of anilines is 3. The molecule has 0 atom stereocenters. The molecule has 2 nitrogen and oxygen atoms in total. The summed E-state index contributed by atoms with van der Waals surface area (Å²) in [7, 11) is 0. The Morgan fingerprint density at radius 2 is 1.12 bits per heavy atom. The highest BCUT2D eigenvalue weighted by molar-refractivity contribution is 6.86. The van der Waals surface area contributed by atoms with Gasteiger partial charge in [-0.3, -0.25) is 0 Å². The normalized spacial score (nSPS) is 13.6. The highest BCUT2D eigenvalue weighted by Crippen LogP contribution is 2.54. The number of hydrogen-bond donors (Lipinski definition) is 0. The van der Waals surface area contributed by atoms with Crippen LogP contribution in [-0.4, -0.2) is 11.3 Å². The minimum atomic E-state index is -0.144. The largest absolute Gasteiger partial charge is 0.310 e. The Balaban J connectivity index is 0.973. The van der Waals surface area contributed by atoms with Crippen LogP contribution in [0.3, 0.4) is 0 Å². The Bertz CT molecular complexity index is 3680. The van der Waals surface area contributed by atoms with Crippen molar-refractivity contribution < 1.29 is 0 Å². The molecule has 312 valence electrons. The van der Waals surface area contributed by atoms with Crippen LogP contribution in [0.15, 0.2) is 224 Å². The summed E-state index contributed by atoms with van der Waals surface area (Å²) >= 11 is 0. The molecule has 0 fully saturated rings. The van der Waals surface area contributed by atoms with Crippen LogP contribution < -0.4 is 15.8 Å². The average molecular weight is 843 g/mol. The summed E-state index contributed by atoms with van der Waals surface area (Å²) in [5.41, 5.74) is 21.8. The SMILES string of the molecule is CC1(C)c2ccccc2-c2c(-c3cccc4c3CCB4c3ccccc3)cc(-c3ccc(N(c4ccc5ccccc5c4)c4ccc5c6ccccc6n(-c6ccccc6)c5c4)cc3)cc21. The van der Waals surface area contributed by atoms with Gasteiger partial charge in [-0.25, -0.2) is 0 Å². The lowest BCUT2D eigenvalue weighted by Crippen LogP contribution is -2.39. The maximum atomic E-state index is 2.49. The molecule has 1 aliphatic carbocycles. The van der Waals surface area contributed by atoms with Gasteiger partial charge in [-0.15, -0.1) is 0 Å². The summed E-state index contributed by atoms with van der Waals surface area (Å²) in [6, 6.07) is 83.5. The summed E-state index contributed by atoms with van der Waals surface area (Å²) in [6.07, 6.45) is 2.21. The summed E-state index contributed by atoms with van der Waals surface area (Å²) in [5.74, 6) is 0. The zero-order valence-electron chi connectivity index (χ0n) is 37.2. The molecule has 13 rings (SSSR count). The van der Waals surface area contributed by atoms with Crippen molar-refractivity contribution in [1.29, 1.82) is 0 Å². The number of para-hydroxylation sites is 2. The fourth-order valence-electron chi connectivity index (χ4n) is 11.7.